The Morgan fingerprint density at radius 3 is 2.36 bits per heavy atom. The van der Waals surface area contributed by atoms with Crippen molar-refractivity contribution < 1.29 is 22.3 Å². The van der Waals surface area contributed by atoms with Crippen LogP contribution in [0.25, 0.3) is 10.9 Å². The summed E-state index contributed by atoms with van der Waals surface area (Å²) in [6.07, 6.45) is 1.50. The molecule has 1 aromatic heterocycles. The van der Waals surface area contributed by atoms with Crippen LogP contribution in [0.15, 0.2) is 83.9 Å². The van der Waals surface area contributed by atoms with Crippen LogP contribution in [0.4, 0.5) is 11.4 Å². The third-order valence-corrected chi connectivity index (χ3v) is 6.08. The van der Waals surface area contributed by atoms with Crippen molar-refractivity contribution in [3.8, 4) is 5.75 Å². The highest BCUT2D eigenvalue weighted by Gasteiger charge is 2.20. The maximum atomic E-state index is 12.7. The molecule has 10 heteroatoms. The van der Waals surface area contributed by atoms with Gasteiger partial charge in [0.2, 0.25) is 0 Å². The summed E-state index contributed by atoms with van der Waals surface area (Å²) >= 11 is 0. The number of amides is 1. The van der Waals surface area contributed by atoms with Gasteiger partial charge in [0.1, 0.15) is 4.90 Å². The second-order valence-electron chi connectivity index (χ2n) is 7.12. The Morgan fingerprint density at radius 1 is 1.00 bits per heavy atom. The van der Waals surface area contributed by atoms with Crippen molar-refractivity contribution in [1.29, 1.82) is 0 Å². The van der Waals surface area contributed by atoms with E-state index in [0.717, 1.165) is 5.56 Å². The van der Waals surface area contributed by atoms with Crippen molar-refractivity contribution in [1.82, 2.24) is 4.98 Å². The van der Waals surface area contributed by atoms with Crippen LogP contribution in [-0.4, -0.2) is 24.2 Å². The van der Waals surface area contributed by atoms with Gasteiger partial charge in [0.05, 0.1) is 16.1 Å². The SMILES string of the molecule is Cc1ccc(S(=O)(=O)Oc2ccc(NC(=O)c3ccc([N+](=O)[O-])cc3)c3ncccc23)cc1. The Hall–Kier alpha value is -4.31. The minimum absolute atomic E-state index is 0.0145. The van der Waals surface area contributed by atoms with E-state index in [0.29, 0.717) is 16.6 Å². The Bertz CT molecular complexity index is 1470. The normalized spacial score (nSPS) is 11.2. The number of nitrogens with zero attached hydrogens (tertiary/aromatic N) is 2. The summed E-state index contributed by atoms with van der Waals surface area (Å²) in [6.45, 7) is 1.85. The minimum atomic E-state index is -4.08. The van der Waals surface area contributed by atoms with Crippen LogP contribution < -0.4 is 9.50 Å². The summed E-state index contributed by atoms with van der Waals surface area (Å²) in [4.78, 5) is 27.2. The van der Waals surface area contributed by atoms with E-state index in [1.807, 2.05) is 6.92 Å². The van der Waals surface area contributed by atoms with Crippen molar-refractivity contribution >= 4 is 38.3 Å². The first-order chi connectivity index (χ1) is 15.7. The second kappa shape index (κ2) is 8.67. The number of nitro benzene ring substituents is 1. The molecule has 4 rings (SSSR count). The van der Waals surface area contributed by atoms with Gasteiger partial charge in [-0.25, -0.2) is 0 Å². The molecule has 0 aliphatic heterocycles. The third kappa shape index (κ3) is 4.65. The lowest BCUT2D eigenvalue weighted by Gasteiger charge is -2.13. The molecular weight excluding hydrogens is 446 g/mol. The Morgan fingerprint density at radius 2 is 1.70 bits per heavy atom. The summed E-state index contributed by atoms with van der Waals surface area (Å²) in [7, 11) is -4.08. The van der Waals surface area contributed by atoms with Crippen molar-refractivity contribution in [2.75, 3.05) is 5.32 Å². The quantitative estimate of drug-likeness (QED) is 0.254. The number of nitrogens with one attached hydrogen (secondary N) is 1. The molecule has 0 atom stereocenters. The number of anilines is 1. The molecule has 0 unspecified atom stereocenters. The van der Waals surface area contributed by atoms with Crippen molar-refractivity contribution in [2.24, 2.45) is 0 Å². The largest absolute Gasteiger partial charge is 0.378 e. The number of hydrogen-bond acceptors (Lipinski definition) is 7. The van der Waals surface area contributed by atoms with Gasteiger partial charge in [0.15, 0.2) is 5.75 Å². The van der Waals surface area contributed by atoms with E-state index in [4.69, 9.17) is 4.18 Å². The Kier molecular flexibility index (Phi) is 5.76. The lowest BCUT2D eigenvalue weighted by atomic mass is 10.1. The second-order valence-corrected chi connectivity index (χ2v) is 8.67. The molecule has 1 amide bonds. The number of aromatic nitrogens is 1. The molecule has 0 bridgehead atoms. The molecule has 33 heavy (non-hydrogen) atoms. The lowest BCUT2D eigenvalue weighted by molar-refractivity contribution is -0.384. The fourth-order valence-corrected chi connectivity index (χ4v) is 4.07. The Balaban J connectivity index is 1.64. The maximum absolute atomic E-state index is 12.7. The van der Waals surface area contributed by atoms with Crippen LogP contribution >= 0.6 is 0 Å². The number of rotatable bonds is 6. The van der Waals surface area contributed by atoms with Gasteiger partial charge in [-0.15, -0.1) is 0 Å². The smallest absolute Gasteiger partial charge is 0.339 e. The fraction of sp³-hybridized carbons (Fsp3) is 0.0435. The first kappa shape index (κ1) is 21.9. The van der Waals surface area contributed by atoms with Gasteiger partial charge in [-0.3, -0.25) is 19.9 Å². The zero-order chi connectivity index (χ0) is 23.6. The van der Waals surface area contributed by atoms with Gasteiger partial charge in [0, 0.05) is 29.3 Å². The number of fused-ring (bicyclic) bond motifs is 1. The number of carbonyl (C=O) groups is 1. The standard InChI is InChI=1S/C23H17N3O6S/c1-15-4-10-18(11-5-15)33(30,31)32-21-13-12-20(22-19(21)3-2-14-24-22)25-23(27)16-6-8-17(9-7-16)26(28)29/h2-14H,1H3,(H,25,27). The van der Waals surface area contributed by atoms with E-state index in [2.05, 4.69) is 10.3 Å². The number of non-ortho nitro benzene ring substituents is 1. The van der Waals surface area contributed by atoms with Crippen LogP contribution in [0.2, 0.25) is 0 Å². The molecule has 4 aromatic rings. The van der Waals surface area contributed by atoms with Gasteiger partial charge >= 0.3 is 10.1 Å². The fourth-order valence-electron chi connectivity index (χ4n) is 3.12. The highest BCUT2D eigenvalue weighted by molar-refractivity contribution is 7.87. The van der Waals surface area contributed by atoms with E-state index in [9.17, 15) is 23.3 Å². The van der Waals surface area contributed by atoms with Gasteiger partial charge < -0.3 is 9.50 Å². The van der Waals surface area contributed by atoms with E-state index in [1.165, 1.54) is 54.7 Å². The topological polar surface area (TPSA) is 128 Å². The molecule has 166 valence electrons. The summed E-state index contributed by atoms with van der Waals surface area (Å²) in [5, 5.41) is 13.9. The maximum Gasteiger partial charge on any atom is 0.339 e. The van der Waals surface area contributed by atoms with Crippen LogP contribution in [-0.2, 0) is 10.1 Å². The van der Waals surface area contributed by atoms with Gasteiger partial charge in [-0.1, -0.05) is 17.7 Å². The number of pyridine rings is 1. The molecule has 0 radical (unpaired) electrons. The average molecular weight is 463 g/mol. The molecule has 0 saturated carbocycles. The van der Waals surface area contributed by atoms with E-state index >= 15 is 0 Å². The van der Waals surface area contributed by atoms with Gasteiger partial charge in [-0.2, -0.15) is 8.42 Å². The molecule has 9 nitrogen and oxygen atoms in total. The van der Waals surface area contributed by atoms with Gasteiger partial charge in [-0.05, 0) is 55.5 Å². The highest BCUT2D eigenvalue weighted by atomic mass is 32.2. The lowest BCUT2D eigenvalue weighted by Crippen LogP contribution is -2.13. The number of benzene rings is 3. The average Bonchev–Trinajstić information content (AvgIpc) is 2.81. The zero-order valence-corrected chi connectivity index (χ0v) is 18.1. The van der Waals surface area contributed by atoms with Crippen LogP contribution in [0, 0.1) is 17.0 Å². The Labute approximate surface area is 188 Å². The van der Waals surface area contributed by atoms with Crippen LogP contribution in [0.5, 0.6) is 5.75 Å². The molecule has 0 spiro atoms. The van der Waals surface area contributed by atoms with E-state index < -0.39 is 20.9 Å². The van der Waals surface area contributed by atoms with Crippen molar-refractivity contribution in [3.05, 3.63) is 100 Å². The molecule has 3 aromatic carbocycles. The molecule has 0 saturated heterocycles. The van der Waals surface area contributed by atoms with Crippen molar-refractivity contribution in [3.63, 3.8) is 0 Å². The predicted molar refractivity (Wildman–Crippen MR) is 122 cm³/mol. The molecule has 0 aliphatic carbocycles. The molecule has 0 aliphatic rings. The summed E-state index contributed by atoms with van der Waals surface area (Å²) < 4.78 is 30.8. The number of aryl methyl sites for hydroxylation is 1. The van der Waals surface area contributed by atoms with Crippen molar-refractivity contribution in [2.45, 2.75) is 11.8 Å². The summed E-state index contributed by atoms with van der Waals surface area (Å²) in [6, 6.07) is 17.6. The molecular formula is C23H17N3O6S. The summed E-state index contributed by atoms with van der Waals surface area (Å²) in [5.74, 6) is -0.440. The minimum Gasteiger partial charge on any atom is -0.378 e. The highest BCUT2D eigenvalue weighted by Crippen LogP contribution is 2.32. The monoisotopic (exact) mass is 463 g/mol. The number of nitro groups is 1. The van der Waals surface area contributed by atoms with Crippen LogP contribution in [0.1, 0.15) is 15.9 Å². The third-order valence-electron chi connectivity index (χ3n) is 4.83. The molecule has 1 heterocycles. The molecule has 1 N–H and O–H groups in total. The van der Waals surface area contributed by atoms with E-state index in [1.54, 1.807) is 24.3 Å². The first-order valence-corrected chi connectivity index (χ1v) is 11.1. The summed E-state index contributed by atoms with van der Waals surface area (Å²) in [5.41, 5.74) is 1.65. The predicted octanol–water partition coefficient (Wildman–Crippen LogP) is 4.47. The number of carbonyl (C=O) groups excluding carboxylic acids is 1. The van der Waals surface area contributed by atoms with Gasteiger partial charge in [0.25, 0.3) is 11.6 Å². The molecule has 0 fully saturated rings. The van der Waals surface area contributed by atoms with E-state index in [-0.39, 0.29) is 21.9 Å². The first-order valence-electron chi connectivity index (χ1n) is 9.69. The van der Waals surface area contributed by atoms with Crippen LogP contribution in [0.3, 0.4) is 0 Å². The number of hydrogen-bond donors (Lipinski definition) is 1. The zero-order valence-electron chi connectivity index (χ0n) is 17.3.